The van der Waals surface area contributed by atoms with Gasteiger partial charge in [-0.25, -0.2) is 0 Å². The molecular weight excluding hydrogens is 272 g/mol. The lowest BCUT2D eigenvalue weighted by molar-refractivity contribution is -0.120. The Labute approximate surface area is 124 Å². The van der Waals surface area contributed by atoms with Gasteiger partial charge < -0.3 is 10.6 Å². The first-order valence-corrected chi connectivity index (χ1v) is 6.86. The summed E-state index contributed by atoms with van der Waals surface area (Å²) in [5.41, 5.74) is 1.96. The van der Waals surface area contributed by atoms with Crippen molar-refractivity contribution in [2.45, 2.75) is 13.0 Å². The number of anilines is 1. The van der Waals surface area contributed by atoms with Crippen LogP contribution in [0.3, 0.4) is 0 Å². The lowest BCUT2D eigenvalue weighted by atomic mass is 10.1. The van der Waals surface area contributed by atoms with Crippen LogP contribution in [0.4, 0.5) is 5.69 Å². The van der Waals surface area contributed by atoms with E-state index in [0.717, 1.165) is 11.3 Å². The van der Waals surface area contributed by atoms with Crippen molar-refractivity contribution in [3.05, 3.63) is 65.2 Å². The van der Waals surface area contributed by atoms with E-state index in [0.29, 0.717) is 5.02 Å². The molecule has 2 aromatic rings. The van der Waals surface area contributed by atoms with Gasteiger partial charge in [0, 0.05) is 10.7 Å². The first kappa shape index (κ1) is 14.4. The topological polar surface area (TPSA) is 41.1 Å². The van der Waals surface area contributed by atoms with Gasteiger partial charge in [-0.2, -0.15) is 0 Å². The summed E-state index contributed by atoms with van der Waals surface area (Å²) < 4.78 is 0. The molecule has 4 heteroatoms. The van der Waals surface area contributed by atoms with Crippen LogP contribution in [-0.4, -0.2) is 12.5 Å². The number of benzene rings is 2. The van der Waals surface area contributed by atoms with E-state index in [9.17, 15) is 4.79 Å². The number of carbonyl (C=O) groups is 1. The molecule has 0 aliphatic rings. The van der Waals surface area contributed by atoms with E-state index in [1.165, 1.54) is 0 Å². The number of amides is 1. The smallest absolute Gasteiger partial charge is 0.239 e. The minimum Gasteiger partial charge on any atom is -0.376 e. The molecule has 2 N–H and O–H groups in total. The van der Waals surface area contributed by atoms with Gasteiger partial charge in [-0.1, -0.05) is 41.9 Å². The van der Waals surface area contributed by atoms with Crippen molar-refractivity contribution in [3.63, 3.8) is 0 Å². The number of nitrogens with one attached hydrogen (secondary N) is 2. The Balaban J connectivity index is 1.83. The second kappa shape index (κ2) is 6.96. The molecular formula is C16H17ClN2O. The summed E-state index contributed by atoms with van der Waals surface area (Å²) in [4.78, 5) is 11.9. The molecule has 20 heavy (non-hydrogen) atoms. The van der Waals surface area contributed by atoms with Crippen LogP contribution in [-0.2, 0) is 4.79 Å². The molecule has 0 bridgehead atoms. The van der Waals surface area contributed by atoms with Gasteiger partial charge in [0.25, 0.3) is 0 Å². The SMILES string of the molecule is C[C@@H](NC(=O)CNc1ccccc1)c1ccc(Cl)cc1. The first-order chi connectivity index (χ1) is 9.65. The van der Waals surface area contributed by atoms with Crippen molar-refractivity contribution >= 4 is 23.2 Å². The zero-order valence-electron chi connectivity index (χ0n) is 11.3. The highest BCUT2D eigenvalue weighted by atomic mass is 35.5. The van der Waals surface area contributed by atoms with Crippen LogP contribution >= 0.6 is 11.6 Å². The molecule has 1 atom stereocenters. The lowest BCUT2D eigenvalue weighted by Crippen LogP contribution is -2.32. The molecule has 0 heterocycles. The minimum absolute atomic E-state index is 0.0441. The Kier molecular flexibility index (Phi) is 5.02. The van der Waals surface area contributed by atoms with Crippen molar-refractivity contribution < 1.29 is 4.79 Å². The third-order valence-electron chi connectivity index (χ3n) is 2.97. The number of hydrogen-bond acceptors (Lipinski definition) is 2. The molecule has 0 aliphatic heterocycles. The van der Waals surface area contributed by atoms with Gasteiger partial charge in [-0.15, -0.1) is 0 Å². The molecule has 0 saturated heterocycles. The van der Waals surface area contributed by atoms with E-state index in [4.69, 9.17) is 11.6 Å². The third-order valence-corrected chi connectivity index (χ3v) is 3.23. The highest BCUT2D eigenvalue weighted by Gasteiger charge is 2.09. The number of hydrogen-bond donors (Lipinski definition) is 2. The molecule has 0 unspecified atom stereocenters. The third kappa shape index (κ3) is 4.28. The normalized spacial score (nSPS) is 11.7. The Hall–Kier alpha value is -2.00. The second-order valence-electron chi connectivity index (χ2n) is 4.56. The second-order valence-corrected chi connectivity index (χ2v) is 5.00. The summed E-state index contributed by atoms with van der Waals surface area (Å²) >= 11 is 5.84. The van der Waals surface area contributed by atoms with Crippen LogP contribution in [0.15, 0.2) is 54.6 Å². The quantitative estimate of drug-likeness (QED) is 0.882. The maximum Gasteiger partial charge on any atom is 0.239 e. The summed E-state index contributed by atoms with van der Waals surface area (Å²) in [6.07, 6.45) is 0. The van der Waals surface area contributed by atoms with Gasteiger partial charge in [0.05, 0.1) is 12.6 Å². The van der Waals surface area contributed by atoms with Crippen molar-refractivity contribution in [1.82, 2.24) is 5.32 Å². The fraction of sp³-hybridized carbons (Fsp3) is 0.188. The summed E-state index contributed by atoms with van der Waals surface area (Å²) in [6, 6.07) is 17.1. The zero-order chi connectivity index (χ0) is 14.4. The van der Waals surface area contributed by atoms with Crippen LogP contribution in [0.25, 0.3) is 0 Å². The summed E-state index contributed by atoms with van der Waals surface area (Å²) in [7, 11) is 0. The molecule has 3 nitrogen and oxygen atoms in total. The van der Waals surface area contributed by atoms with Gasteiger partial charge in [0.1, 0.15) is 0 Å². The monoisotopic (exact) mass is 288 g/mol. The van der Waals surface area contributed by atoms with Crippen LogP contribution < -0.4 is 10.6 Å². The highest BCUT2D eigenvalue weighted by Crippen LogP contribution is 2.15. The highest BCUT2D eigenvalue weighted by molar-refractivity contribution is 6.30. The Bertz CT molecular complexity index is 554. The van der Waals surface area contributed by atoms with Gasteiger partial charge in [-0.3, -0.25) is 4.79 Å². The molecule has 0 aromatic heterocycles. The largest absolute Gasteiger partial charge is 0.376 e. The van der Waals surface area contributed by atoms with E-state index in [-0.39, 0.29) is 18.5 Å². The van der Waals surface area contributed by atoms with Crippen molar-refractivity contribution in [2.75, 3.05) is 11.9 Å². The molecule has 0 radical (unpaired) electrons. The minimum atomic E-state index is -0.0451. The Morgan fingerprint density at radius 3 is 2.40 bits per heavy atom. The zero-order valence-corrected chi connectivity index (χ0v) is 12.0. The average molecular weight is 289 g/mol. The van der Waals surface area contributed by atoms with E-state index >= 15 is 0 Å². The maximum atomic E-state index is 11.9. The fourth-order valence-corrected chi connectivity index (χ4v) is 1.99. The van der Waals surface area contributed by atoms with E-state index in [1.807, 2.05) is 61.5 Å². The van der Waals surface area contributed by atoms with E-state index in [2.05, 4.69) is 10.6 Å². The molecule has 0 fully saturated rings. The standard InChI is InChI=1S/C16H17ClN2O/c1-12(13-7-9-14(17)10-8-13)19-16(20)11-18-15-5-3-2-4-6-15/h2-10,12,18H,11H2,1H3,(H,19,20)/t12-/m1/s1. The van der Waals surface area contributed by atoms with Crippen LogP contribution in [0.1, 0.15) is 18.5 Å². The lowest BCUT2D eigenvalue weighted by Gasteiger charge is -2.15. The number of para-hydroxylation sites is 1. The summed E-state index contributed by atoms with van der Waals surface area (Å²) in [5.74, 6) is -0.0451. The summed E-state index contributed by atoms with van der Waals surface area (Å²) in [5, 5.41) is 6.71. The first-order valence-electron chi connectivity index (χ1n) is 6.49. The maximum absolute atomic E-state index is 11.9. The average Bonchev–Trinajstić information content (AvgIpc) is 2.47. The molecule has 0 saturated carbocycles. The predicted octanol–water partition coefficient (Wildman–Crippen LogP) is 3.63. The fourth-order valence-electron chi connectivity index (χ4n) is 1.87. The molecule has 0 spiro atoms. The van der Waals surface area contributed by atoms with Gasteiger partial charge in [-0.05, 0) is 36.8 Å². The number of rotatable bonds is 5. The van der Waals surface area contributed by atoms with Crippen molar-refractivity contribution in [2.24, 2.45) is 0 Å². The molecule has 2 aromatic carbocycles. The molecule has 1 amide bonds. The van der Waals surface area contributed by atoms with Crippen LogP contribution in [0.5, 0.6) is 0 Å². The van der Waals surface area contributed by atoms with E-state index < -0.39 is 0 Å². The summed E-state index contributed by atoms with van der Waals surface area (Å²) in [6.45, 7) is 2.20. The Morgan fingerprint density at radius 1 is 1.10 bits per heavy atom. The van der Waals surface area contributed by atoms with Gasteiger partial charge in [0.2, 0.25) is 5.91 Å². The molecule has 104 valence electrons. The van der Waals surface area contributed by atoms with Crippen LogP contribution in [0, 0.1) is 0 Å². The van der Waals surface area contributed by atoms with Crippen molar-refractivity contribution in [3.8, 4) is 0 Å². The number of halogens is 1. The van der Waals surface area contributed by atoms with E-state index in [1.54, 1.807) is 0 Å². The Morgan fingerprint density at radius 2 is 1.75 bits per heavy atom. The predicted molar refractivity (Wildman–Crippen MR) is 82.9 cm³/mol. The molecule has 0 aliphatic carbocycles. The molecule has 2 rings (SSSR count). The van der Waals surface area contributed by atoms with Gasteiger partial charge in [0.15, 0.2) is 0 Å². The van der Waals surface area contributed by atoms with Crippen LogP contribution in [0.2, 0.25) is 5.02 Å². The van der Waals surface area contributed by atoms with Gasteiger partial charge >= 0.3 is 0 Å². The number of carbonyl (C=O) groups excluding carboxylic acids is 1. The van der Waals surface area contributed by atoms with Crippen molar-refractivity contribution in [1.29, 1.82) is 0 Å².